The van der Waals surface area contributed by atoms with E-state index in [4.69, 9.17) is 4.74 Å². The summed E-state index contributed by atoms with van der Waals surface area (Å²) in [5, 5.41) is 2.91. The van der Waals surface area contributed by atoms with Crippen molar-refractivity contribution < 1.29 is 9.53 Å². The van der Waals surface area contributed by atoms with E-state index in [1.54, 1.807) is 25.7 Å². The fraction of sp³-hybridized carbons (Fsp3) is 0.182. The molecule has 2 N–H and O–H groups in total. The molecule has 0 atom stereocenters. The number of carbonyl (C=O) groups excluding carboxylic acids is 1. The summed E-state index contributed by atoms with van der Waals surface area (Å²) in [5.41, 5.74) is 5.46. The third-order valence-corrected chi connectivity index (χ3v) is 5.04. The van der Waals surface area contributed by atoms with Gasteiger partial charge in [-0.15, -0.1) is 0 Å². The molecule has 1 saturated carbocycles. The molecular weight excluding hydrogens is 366 g/mol. The lowest BCUT2D eigenvalue weighted by Crippen LogP contribution is -2.14. The predicted molar refractivity (Wildman–Crippen MR) is 110 cm³/mol. The topological polar surface area (TPSA) is 92.8 Å². The molecule has 4 aromatic rings. The number of nitrogens with zero attached hydrogens (tertiary/aromatic N) is 3. The van der Waals surface area contributed by atoms with Gasteiger partial charge in [0.15, 0.2) is 0 Å². The fourth-order valence-corrected chi connectivity index (χ4v) is 3.40. The number of fused-ring (bicyclic) bond motifs is 1. The lowest BCUT2D eigenvalue weighted by Gasteiger charge is -2.08. The first-order valence-electron chi connectivity index (χ1n) is 9.47. The number of H-pyrrole nitrogens is 1. The van der Waals surface area contributed by atoms with Gasteiger partial charge in [-0.1, -0.05) is 0 Å². The third kappa shape index (κ3) is 3.31. The van der Waals surface area contributed by atoms with Crippen LogP contribution in [-0.2, 0) is 4.79 Å². The van der Waals surface area contributed by atoms with E-state index in [2.05, 4.69) is 25.3 Å². The van der Waals surface area contributed by atoms with Crippen LogP contribution in [0.15, 0.2) is 55.0 Å². The van der Waals surface area contributed by atoms with Crippen LogP contribution >= 0.6 is 0 Å². The molecule has 0 aliphatic heterocycles. The number of aromatic nitrogens is 4. The second-order valence-electron chi connectivity index (χ2n) is 7.06. The molecular formula is C22H19N5O2. The van der Waals surface area contributed by atoms with E-state index in [0.717, 1.165) is 46.3 Å². The quantitative estimate of drug-likeness (QED) is 0.541. The molecule has 1 fully saturated rings. The SMILES string of the molecule is COc1ccc(-c2c(-c3ccnc(NC(=O)C4CC4)c3)[nH]c3cccnc23)cn1. The number of nitrogens with one attached hydrogen (secondary N) is 2. The van der Waals surface area contributed by atoms with Crippen molar-refractivity contribution in [3.63, 3.8) is 0 Å². The molecule has 7 nitrogen and oxygen atoms in total. The number of carbonyl (C=O) groups is 1. The zero-order valence-corrected chi connectivity index (χ0v) is 15.8. The Kier molecular flexibility index (Phi) is 4.20. The molecule has 0 unspecified atom stereocenters. The van der Waals surface area contributed by atoms with Gasteiger partial charge in [0.05, 0.1) is 23.8 Å². The van der Waals surface area contributed by atoms with Gasteiger partial charge in [-0.3, -0.25) is 9.78 Å². The molecule has 0 saturated heterocycles. The molecule has 5 rings (SSSR count). The average molecular weight is 385 g/mol. The van der Waals surface area contributed by atoms with Crippen LogP contribution in [0.4, 0.5) is 5.82 Å². The Morgan fingerprint density at radius 3 is 2.76 bits per heavy atom. The highest BCUT2D eigenvalue weighted by Crippen LogP contribution is 2.38. The van der Waals surface area contributed by atoms with Crippen LogP contribution in [0.1, 0.15) is 12.8 Å². The lowest BCUT2D eigenvalue weighted by molar-refractivity contribution is -0.117. The number of pyridine rings is 3. The normalized spacial score (nSPS) is 13.4. The molecule has 7 heteroatoms. The van der Waals surface area contributed by atoms with E-state index in [0.29, 0.717) is 11.7 Å². The minimum Gasteiger partial charge on any atom is -0.481 e. The average Bonchev–Trinajstić information content (AvgIpc) is 3.54. The Labute approximate surface area is 167 Å². The van der Waals surface area contributed by atoms with Gasteiger partial charge in [0.1, 0.15) is 5.82 Å². The van der Waals surface area contributed by atoms with Gasteiger partial charge >= 0.3 is 0 Å². The second-order valence-corrected chi connectivity index (χ2v) is 7.06. The van der Waals surface area contributed by atoms with E-state index in [1.807, 2.05) is 36.4 Å². The van der Waals surface area contributed by atoms with E-state index in [1.165, 1.54) is 0 Å². The lowest BCUT2D eigenvalue weighted by atomic mass is 10.0. The van der Waals surface area contributed by atoms with Gasteiger partial charge in [-0.05, 0) is 43.2 Å². The van der Waals surface area contributed by atoms with Crippen LogP contribution in [0.2, 0.25) is 0 Å². The second kappa shape index (κ2) is 7.01. The Bertz CT molecular complexity index is 1200. The number of ether oxygens (including phenoxy) is 1. The van der Waals surface area contributed by atoms with Crippen LogP contribution < -0.4 is 10.1 Å². The zero-order valence-electron chi connectivity index (χ0n) is 15.8. The number of amides is 1. The number of hydrogen-bond donors (Lipinski definition) is 2. The first-order valence-corrected chi connectivity index (χ1v) is 9.47. The van der Waals surface area contributed by atoms with E-state index >= 15 is 0 Å². The smallest absolute Gasteiger partial charge is 0.228 e. The minimum atomic E-state index is 0.0348. The van der Waals surface area contributed by atoms with E-state index in [-0.39, 0.29) is 11.8 Å². The number of rotatable bonds is 5. The summed E-state index contributed by atoms with van der Waals surface area (Å²) in [5.74, 6) is 1.26. The van der Waals surface area contributed by atoms with Crippen LogP contribution in [0, 0.1) is 5.92 Å². The van der Waals surface area contributed by atoms with Gasteiger partial charge in [0.25, 0.3) is 0 Å². The van der Waals surface area contributed by atoms with Crippen molar-refractivity contribution in [1.82, 2.24) is 19.9 Å². The predicted octanol–water partition coefficient (Wildman–Crippen LogP) is 4.04. The van der Waals surface area contributed by atoms with Gasteiger partial charge < -0.3 is 15.0 Å². The maximum absolute atomic E-state index is 12.1. The first kappa shape index (κ1) is 17.4. The van der Waals surface area contributed by atoms with Crippen LogP contribution in [0.25, 0.3) is 33.4 Å². The molecule has 1 amide bonds. The van der Waals surface area contributed by atoms with Gasteiger partial charge in [-0.2, -0.15) is 0 Å². The first-order chi connectivity index (χ1) is 14.2. The molecule has 1 aliphatic carbocycles. The van der Waals surface area contributed by atoms with Crippen molar-refractivity contribution in [3.8, 4) is 28.3 Å². The number of anilines is 1. The van der Waals surface area contributed by atoms with Crippen molar-refractivity contribution in [2.45, 2.75) is 12.8 Å². The summed E-state index contributed by atoms with van der Waals surface area (Å²) < 4.78 is 5.18. The van der Waals surface area contributed by atoms with Gasteiger partial charge in [-0.25, -0.2) is 9.97 Å². The summed E-state index contributed by atoms with van der Waals surface area (Å²) in [7, 11) is 1.59. The Hall–Kier alpha value is -3.74. The van der Waals surface area contributed by atoms with Crippen molar-refractivity contribution in [3.05, 3.63) is 55.0 Å². The van der Waals surface area contributed by atoms with Crippen LogP contribution in [0.3, 0.4) is 0 Å². The molecule has 0 radical (unpaired) electrons. The maximum atomic E-state index is 12.1. The maximum Gasteiger partial charge on any atom is 0.228 e. The fourth-order valence-electron chi connectivity index (χ4n) is 3.40. The molecule has 0 bridgehead atoms. The van der Waals surface area contributed by atoms with Gasteiger partial charge in [0.2, 0.25) is 11.8 Å². The van der Waals surface area contributed by atoms with E-state index in [9.17, 15) is 4.79 Å². The Balaban J connectivity index is 1.62. The largest absolute Gasteiger partial charge is 0.481 e. The Morgan fingerprint density at radius 2 is 2.00 bits per heavy atom. The number of hydrogen-bond acceptors (Lipinski definition) is 5. The van der Waals surface area contributed by atoms with Crippen molar-refractivity contribution in [1.29, 1.82) is 0 Å². The van der Waals surface area contributed by atoms with E-state index < -0.39 is 0 Å². The molecule has 4 heterocycles. The molecule has 1 aliphatic rings. The highest BCUT2D eigenvalue weighted by Gasteiger charge is 2.29. The minimum absolute atomic E-state index is 0.0348. The molecule has 0 aromatic carbocycles. The highest BCUT2D eigenvalue weighted by molar-refractivity contribution is 6.02. The molecule has 29 heavy (non-hydrogen) atoms. The molecule has 0 spiro atoms. The summed E-state index contributed by atoms with van der Waals surface area (Å²) in [4.78, 5) is 28.8. The molecule has 144 valence electrons. The van der Waals surface area contributed by atoms with Crippen molar-refractivity contribution >= 4 is 22.8 Å². The summed E-state index contributed by atoms with van der Waals surface area (Å²) in [6.45, 7) is 0. The zero-order chi connectivity index (χ0) is 19.8. The van der Waals surface area contributed by atoms with Crippen LogP contribution in [-0.4, -0.2) is 33.0 Å². The third-order valence-electron chi connectivity index (χ3n) is 5.04. The van der Waals surface area contributed by atoms with Crippen LogP contribution in [0.5, 0.6) is 5.88 Å². The number of methoxy groups -OCH3 is 1. The van der Waals surface area contributed by atoms with Crippen molar-refractivity contribution in [2.75, 3.05) is 12.4 Å². The monoisotopic (exact) mass is 385 g/mol. The summed E-state index contributed by atoms with van der Waals surface area (Å²) in [6.07, 6.45) is 7.15. The van der Waals surface area contributed by atoms with Crippen molar-refractivity contribution in [2.24, 2.45) is 5.92 Å². The summed E-state index contributed by atoms with van der Waals surface area (Å²) >= 11 is 0. The molecule has 4 aromatic heterocycles. The highest BCUT2D eigenvalue weighted by atomic mass is 16.5. The Morgan fingerprint density at radius 1 is 1.10 bits per heavy atom. The standard InChI is InChI=1S/C22H19N5O2/c1-29-18-7-6-15(12-25-18)19-20(26-16-3-2-9-24-21(16)19)14-8-10-23-17(11-14)27-22(28)13-4-5-13/h2-3,6-13,26H,4-5H2,1H3,(H,23,27,28). The van der Waals surface area contributed by atoms with Gasteiger partial charge in [0, 0.05) is 47.3 Å². The number of aromatic amines is 1. The summed E-state index contributed by atoms with van der Waals surface area (Å²) in [6, 6.07) is 11.5.